The molecule has 3 aliphatic rings. The summed E-state index contributed by atoms with van der Waals surface area (Å²) in [5.41, 5.74) is 2.73. The molecule has 5 heterocycles. The van der Waals surface area contributed by atoms with E-state index in [0.717, 1.165) is 39.6 Å². The van der Waals surface area contributed by atoms with E-state index in [1.54, 1.807) is 24.2 Å². The molecule has 2 aromatic heterocycles. The molecular weight excluding hydrogens is 516 g/mol. The maximum Gasteiger partial charge on any atom is 0.243 e. The van der Waals surface area contributed by atoms with Gasteiger partial charge in [-0.25, -0.2) is 4.98 Å². The zero-order chi connectivity index (χ0) is 24.8. The standard InChI is InChI=1S/C22H29N9O2P2S/c1-14-19(36-21(28-14)15-4-6-23-7-5-15)13-20-30-17-3-2-16(12-18(17)31-20)29-22(34(32)24-8-9-25-34)35(33)26-10-11-27-35/h2-7,12,14,19,22,29H,8-11,13H2,1H3,(H,30,31)(H2,24,25,32)(H2,26,27,33). The highest BCUT2D eigenvalue weighted by atomic mass is 32.2. The molecule has 0 spiro atoms. The Morgan fingerprint density at radius 2 is 1.69 bits per heavy atom. The summed E-state index contributed by atoms with van der Waals surface area (Å²) in [6.45, 7) is 4.42. The lowest BCUT2D eigenvalue weighted by atomic mass is 10.2. The van der Waals surface area contributed by atoms with Gasteiger partial charge in [-0.3, -0.25) is 39.5 Å². The molecule has 11 nitrogen and oxygen atoms in total. The highest BCUT2D eigenvalue weighted by Crippen LogP contribution is 2.61. The second-order valence-electron chi connectivity index (χ2n) is 9.15. The Hall–Kier alpha value is -2.04. The molecule has 1 aromatic carbocycles. The predicted molar refractivity (Wildman–Crippen MR) is 146 cm³/mol. The number of H-pyrrole nitrogens is 1. The van der Waals surface area contributed by atoms with Crippen LogP contribution in [0.4, 0.5) is 5.69 Å². The van der Waals surface area contributed by atoms with E-state index in [2.05, 4.69) is 42.6 Å². The fourth-order valence-corrected chi connectivity index (χ4v) is 12.2. The number of rotatable bonds is 7. The van der Waals surface area contributed by atoms with Crippen molar-refractivity contribution in [1.82, 2.24) is 35.3 Å². The lowest BCUT2D eigenvalue weighted by Gasteiger charge is -2.30. The van der Waals surface area contributed by atoms with Gasteiger partial charge in [-0.2, -0.15) is 0 Å². The Morgan fingerprint density at radius 3 is 2.36 bits per heavy atom. The van der Waals surface area contributed by atoms with E-state index in [4.69, 9.17) is 9.98 Å². The average molecular weight is 546 g/mol. The van der Waals surface area contributed by atoms with Gasteiger partial charge in [0.05, 0.1) is 22.1 Å². The molecule has 3 aliphatic heterocycles. The van der Waals surface area contributed by atoms with Crippen LogP contribution in [-0.2, 0) is 15.6 Å². The number of thioether (sulfide) groups is 1. The molecule has 6 N–H and O–H groups in total. The van der Waals surface area contributed by atoms with E-state index in [1.165, 1.54) is 0 Å². The Balaban J connectivity index is 1.20. The molecule has 2 atom stereocenters. The number of nitrogens with zero attached hydrogens (tertiary/aromatic N) is 3. The summed E-state index contributed by atoms with van der Waals surface area (Å²) in [6.07, 6.45) is 4.34. The largest absolute Gasteiger partial charge is 0.365 e. The van der Waals surface area contributed by atoms with Gasteiger partial charge in [0.1, 0.15) is 5.82 Å². The molecule has 190 valence electrons. The molecule has 14 heteroatoms. The minimum Gasteiger partial charge on any atom is -0.365 e. The summed E-state index contributed by atoms with van der Waals surface area (Å²) in [4.78, 5) is 17.2. The third-order valence-electron chi connectivity index (χ3n) is 6.60. The Morgan fingerprint density at radius 1 is 1.03 bits per heavy atom. The normalized spacial score (nSPS) is 25.0. The fraction of sp³-hybridized carbons (Fsp3) is 0.409. The second-order valence-corrected chi connectivity index (χ2v) is 15.7. The molecule has 0 radical (unpaired) electrons. The van der Waals surface area contributed by atoms with Gasteiger partial charge in [0, 0.05) is 61.5 Å². The van der Waals surface area contributed by atoms with Crippen molar-refractivity contribution in [2.24, 2.45) is 4.99 Å². The van der Waals surface area contributed by atoms with Crippen LogP contribution < -0.4 is 25.7 Å². The van der Waals surface area contributed by atoms with E-state index in [9.17, 15) is 9.13 Å². The number of nitrogens with one attached hydrogen (secondary N) is 6. The van der Waals surface area contributed by atoms with Crippen LogP contribution in [0.2, 0.25) is 0 Å². The minimum absolute atomic E-state index is 0.177. The molecule has 2 fully saturated rings. The number of aromatic amines is 1. The lowest BCUT2D eigenvalue weighted by molar-refractivity contribution is 0.552. The van der Waals surface area contributed by atoms with Crippen molar-refractivity contribution in [3.63, 3.8) is 0 Å². The fourth-order valence-electron chi connectivity index (χ4n) is 4.73. The minimum atomic E-state index is -3.12. The molecule has 2 unspecified atom stereocenters. The van der Waals surface area contributed by atoms with Gasteiger partial charge in [-0.1, -0.05) is 0 Å². The summed E-state index contributed by atoms with van der Waals surface area (Å²) in [5, 5.41) is 16.8. The van der Waals surface area contributed by atoms with Crippen LogP contribution >= 0.6 is 26.6 Å². The molecule has 3 aromatic rings. The molecule has 2 saturated heterocycles. The maximum atomic E-state index is 13.6. The molecular formula is C22H29N9O2P2S. The predicted octanol–water partition coefficient (Wildman–Crippen LogP) is 2.92. The summed E-state index contributed by atoms with van der Waals surface area (Å²) in [6, 6.07) is 9.90. The number of hydrogen-bond donors (Lipinski definition) is 6. The first kappa shape index (κ1) is 24.3. The van der Waals surface area contributed by atoms with Gasteiger partial charge in [0.15, 0.2) is 5.52 Å². The monoisotopic (exact) mass is 545 g/mol. The van der Waals surface area contributed by atoms with Crippen LogP contribution in [0.1, 0.15) is 18.3 Å². The Kier molecular flexibility index (Phi) is 6.54. The first-order valence-corrected chi connectivity index (χ1v) is 16.5. The van der Waals surface area contributed by atoms with Crippen molar-refractivity contribution in [3.05, 3.63) is 54.1 Å². The molecule has 0 amide bonds. The van der Waals surface area contributed by atoms with Crippen LogP contribution in [0.25, 0.3) is 11.0 Å². The molecule has 6 rings (SSSR count). The highest BCUT2D eigenvalue weighted by molar-refractivity contribution is 8.15. The van der Waals surface area contributed by atoms with Crippen molar-refractivity contribution < 1.29 is 9.13 Å². The van der Waals surface area contributed by atoms with Gasteiger partial charge in [0.25, 0.3) is 0 Å². The van der Waals surface area contributed by atoms with Gasteiger partial charge < -0.3 is 10.3 Å². The van der Waals surface area contributed by atoms with Gasteiger partial charge in [-0.05, 0) is 37.3 Å². The summed E-state index contributed by atoms with van der Waals surface area (Å²) < 4.78 is 27.1. The number of hydrogen-bond acceptors (Lipinski definition) is 7. The van der Waals surface area contributed by atoms with E-state index in [-0.39, 0.29) is 11.3 Å². The van der Waals surface area contributed by atoms with Crippen LogP contribution in [0.15, 0.2) is 47.7 Å². The van der Waals surface area contributed by atoms with Crippen LogP contribution in [0.5, 0.6) is 0 Å². The number of aromatic nitrogens is 3. The number of anilines is 1. The second kappa shape index (κ2) is 9.68. The summed E-state index contributed by atoms with van der Waals surface area (Å²) in [7, 11) is -6.24. The van der Waals surface area contributed by atoms with Gasteiger partial charge >= 0.3 is 0 Å². The first-order chi connectivity index (χ1) is 17.4. The molecule has 0 bridgehead atoms. The van der Waals surface area contributed by atoms with Crippen molar-refractivity contribution in [2.75, 3.05) is 31.5 Å². The zero-order valence-corrected chi connectivity index (χ0v) is 22.4. The highest BCUT2D eigenvalue weighted by Gasteiger charge is 2.49. The van der Waals surface area contributed by atoms with Gasteiger partial charge in [0.2, 0.25) is 14.9 Å². The third-order valence-corrected chi connectivity index (χ3v) is 14.4. The topological polar surface area (TPSA) is 148 Å². The molecule has 0 saturated carbocycles. The maximum absolute atomic E-state index is 13.6. The van der Waals surface area contributed by atoms with E-state index < -0.39 is 20.4 Å². The number of imidazole rings is 1. The van der Waals surface area contributed by atoms with E-state index >= 15 is 0 Å². The first-order valence-electron chi connectivity index (χ1n) is 12.0. The smallest absolute Gasteiger partial charge is 0.243 e. The van der Waals surface area contributed by atoms with Crippen molar-refractivity contribution in [2.45, 2.75) is 30.2 Å². The average Bonchev–Trinajstić information content (AvgIpc) is 3.67. The molecule has 36 heavy (non-hydrogen) atoms. The number of aliphatic imine (C=N–C) groups is 1. The van der Waals surface area contributed by atoms with E-state index in [0.29, 0.717) is 26.2 Å². The third kappa shape index (κ3) is 4.67. The quantitative estimate of drug-likeness (QED) is 0.245. The van der Waals surface area contributed by atoms with Crippen molar-refractivity contribution in [1.29, 1.82) is 0 Å². The Bertz CT molecular complexity index is 1350. The number of pyridine rings is 1. The van der Waals surface area contributed by atoms with Crippen molar-refractivity contribution in [3.8, 4) is 0 Å². The summed E-state index contributed by atoms with van der Waals surface area (Å²) >= 11 is 1.78. The lowest BCUT2D eigenvalue weighted by Crippen LogP contribution is -2.33. The zero-order valence-electron chi connectivity index (χ0n) is 19.8. The van der Waals surface area contributed by atoms with Gasteiger partial charge in [-0.15, -0.1) is 11.8 Å². The van der Waals surface area contributed by atoms with Crippen molar-refractivity contribution >= 4 is 48.4 Å². The Labute approximate surface area is 213 Å². The van der Waals surface area contributed by atoms with Crippen LogP contribution in [0.3, 0.4) is 0 Å². The number of fused-ring (bicyclic) bond motifs is 1. The summed E-state index contributed by atoms with van der Waals surface area (Å²) in [5.74, 6) is 0.896. The SMILES string of the molecule is CC1N=C(c2ccncc2)SC1Cc1nc2ccc(NC(P3(=O)NCCN3)P3(=O)NCCN3)cc2[nH]1. The van der Waals surface area contributed by atoms with Crippen LogP contribution in [-0.4, -0.2) is 63.0 Å². The van der Waals surface area contributed by atoms with E-state index in [1.807, 2.05) is 30.3 Å². The molecule has 0 aliphatic carbocycles. The van der Waals surface area contributed by atoms with Crippen LogP contribution in [0, 0.1) is 0 Å². The number of benzene rings is 1.